The Morgan fingerprint density at radius 1 is 1.00 bits per heavy atom. The molecular weight excluding hydrogens is 276 g/mol. The lowest BCUT2D eigenvalue weighted by molar-refractivity contribution is 0.386. The smallest absolute Gasteiger partial charge is 0.0165 e. The normalized spacial score (nSPS) is 27.4. The van der Waals surface area contributed by atoms with Crippen molar-refractivity contribution in [3.63, 3.8) is 0 Å². The maximum Gasteiger partial charge on any atom is 0.0165 e. The molecule has 0 heterocycles. The average molecular weight is 309 g/mol. The minimum Gasteiger partial charge on any atom is -0.0770 e. The van der Waals surface area contributed by atoms with Crippen molar-refractivity contribution >= 4 is 0 Å². The van der Waals surface area contributed by atoms with Gasteiger partial charge < -0.3 is 0 Å². The summed E-state index contributed by atoms with van der Waals surface area (Å²) < 4.78 is 0. The van der Waals surface area contributed by atoms with Crippen LogP contribution < -0.4 is 0 Å². The Balaban J connectivity index is 1.80. The van der Waals surface area contributed by atoms with Gasteiger partial charge in [-0.2, -0.15) is 0 Å². The van der Waals surface area contributed by atoms with E-state index in [-0.39, 0.29) is 0 Å². The van der Waals surface area contributed by atoms with Gasteiger partial charge in [0.05, 0.1) is 0 Å². The molecule has 2 saturated carbocycles. The molecule has 0 N–H and O–H groups in total. The second kappa shape index (κ2) is 6.11. The first-order chi connectivity index (χ1) is 11.3. The Bertz CT molecular complexity index is 604. The topological polar surface area (TPSA) is 0 Å². The van der Waals surface area contributed by atoms with Crippen molar-refractivity contribution in [3.05, 3.63) is 46.1 Å². The van der Waals surface area contributed by atoms with Gasteiger partial charge in [0.1, 0.15) is 0 Å². The second-order valence-electron chi connectivity index (χ2n) is 8.04. The molecule has 0 amide bonds. The van der Waals surface area contributed by atoms with Crippen molar-refractivity contribution in [1.29, 1.82) is 0 Å². The van der Waals surface area contributed by atoms with Crippen LogP contribution in [0.2, 0.25) is 0 Å². The largest absolute Gasteiger partial charge is 0.0770 e. The molecule has 0 aromatic heterocycles. The quantitative estimate of drug-likeness (QED) is 0.522. The molecule has 0 aromatic rings. The summed E-state index contributed by atoms with van der Waals surface area (Å²) in [5.74, 6) is 0.780. The molecular formula is C23H32. The third-order valence-corrected chi connectivity index (χ3v) is 7.23. The summed E-state index contributed by atoms with van der Waals surface area (Å²) in [6.07, 6.45) is 22.6. The molecule has 0 aromatic carbocycles. The van der Waals surface area contributed by atoms with Crippen molar-refractivity contribution in [3.8, 4) is 0 Å². The Morgan fingerprint density at radius 3 is 2.61 bits per heavy atom. The van der Waals surface area contributed by atoms with E-state index in [1.54, 1.807) is 16.7 Å². The summed E-state index contributed by atoms with van der Waals surface area (Å²) in [6.45, 7) is 4.88. The minimum atomic E-state index is 0.336. The SMILES string of the molecule is CCC(CC)(C1=C2CCCCC2C=C1)C1=C2CCCCC2=CC1. The number of hydrogen-bond donors (Lipinski definition) is 0. The van der Waals surface area contributed by atoms with E-state index in [0.717, 1.165) is 5.92 Å². The van der Waals surface area contributed by atoms with Crippen LogP contribution in [0.25, 0.3) is 0 Å². The van der Waals surface area contributed by atoms with Gasteiger partial charge in [-0.1, -0.05) is 49.6 Å². The summed E-state index contributed by atoms with van der Waals surface area (Å²) in [6, 6.07) is 0. The molecule has 0 heteroatoms. The fourth-order valence-electron chi connectivity index (χ4n) is 5.92. The number of rotatable bonds is 4. The van der Waals surface area contributed by atoms with Crippen LogP contribution in [-0.2, 0) is 0 Å². The van der Waals surface area contributed by atoms with Crippen LogP contribution in [0.5, 0.6) is 0 Å². The lowest BCUT2D eigenvalue weighted by atomic mass is 9.65. The molecule has 0 radical (unpaired) electrons. The van der Waals surface area contributed by atoms with E-state index in [0.29, 0.717) is 5.41 Å². The van der Waals surface area contributed by atoms with E-state index >= 15 is 0 Å². The third-order valence-electron chi connectivity index (χ3n) is 7.23. The highest BCUT2D eigenvalue weighted by Crippen LogP contribution is 2.55. The first-order valence-corrected chi connectivity index (χ1v) is 10.1. The summed E-state index contributed by atoms with van der Waals surface area (Å²) in [5.41, 5.74) is 9.21. The fraction of sp³-hybridized carbons (Fsp3) is 0.652. The van der Waals surface area contributed by atoms with E-state index in [4.69, 9.17) is 0 Å². The molecule has 124 valence electrons. The second-order valence-corrected chi connectivity index (χ2v) is 8.04. The molecule has 4 aliphatic carbocycles. The maximum absolute atomic E-state index is 2.58. The monoisotopic (exact) mass is 308 g/mol. The molecule has 2 fully saturated rings. The van der Waals surface area contributed by atoms with Crippen molar-refractivity contribution in [2.45, 2.75) is 84.5 Å². The first kappa shape index (κ1) is 15.5. The van der Waals surface area contributed by atoms with Gasteiger partial charge in [-0.3, -0.25) is 0 Å². The van der Waals surface area contributed by atoms with Crippen LogP contribution in [0.4, 0.5) is 0 Å². The van der Waals surface area contributed by atoms with Crippen LogP contribution in [0.15, 0.2) is 46.1 Å². The summed E-state index contributed by atoms with van der Waals surface area (Å²) in [7, 11) is 0. The molecule has 23 heavy (non-hydrogen) atoms. The minimum absolute atomic E-state index is 0.336. The Morgan fingerprint density at radius 2 is 1.78 bits per heavy atom. The third kappa shape index (κ3) is 2.32. The molecule has 4 rings (SSSR count). The zero-order valence-corrected chi connectivity index (χ0v) is 15.1. The van der Waals surface area contributed by atoms with E-state index in [2.05, 4.69) is 32.1 Å². The Labute approximate surface area is 142 Å². The Hall–Kier alpha value is -1.04. The molecule has 1 atom stereocenters. The summed E-state index contributed by atoms with van der Waals surface area (Å²) in [4.78, 5) is 0. The van der Waals surface area contributed by atoms with Gasteiger partial charge in [0, 0.05) is 5.41 Å². The van der Waals surface area contributed by atoms with Gasteiger partial charge in [-0.15, -0.1) is 0 Å². The number of hydrogen-bond acceptors (Lipinski definition) is 0. The van der Waals surface area contributed by atoms with Crippen molar-refractivity contribution in [2.24, 2.45) is 11.3 Å². The van der Waals surface area contributed by atoms with Gasteiger partial charge in [-0.25, -0.2) is 0 Å². The van der Waals surface area contributed by atoms with Gasteiger partial charge in [0.25, 0.3) is 0 Å². The maximum atomic E-state index is 2.58. The molecule has 4 aliphatic rings. The Kier molecular flexibility index (Phi) is 4.12. The standard InChI is InChI=1S/C23H32/c1-3-23(4-2,21-15-13-17-9-5-7-11-19(17)21)22-16-14-18-10-6-8-12-20(18)22/h13-15,17H,3-12,16H2,1-2H3. The molecule has 0 aliphatic heterocycles. The van der Waals surface area contributed by atoms with Crippen LogP contribution in [0, 0.1) is 11.3 Å². The van der Waals surface area contributed by atoms with Crippen LogP contribution in [0.3, 0.4) is 0 Å². The van der Waals surface area contributed by atoms with Crippen LogP contribution >= 0.6 is 0 Å². The lowest BCUT2D eigenvalue weighted by Gasteiger charge is -2.39. The average Bonchev–Trinajstić information content (AvgIpc) is 3.23. The molecule has 1 unspecified atom stereocenters. The molecule has 0 nitrogen and oxygen atoms in total. The van der Waals surface area contributed by atoms with Gasteiger partial charge in [0.2, 0.25) is 0 Å². The molecule has 0 saturated heterocycles. The van der Waals surface area contributed by atoms with E-state index in [1.807, 2.05) is 11.1 Å². The zero-order chi connectivity index (χ0) is 15.9. The first-order valence-electron chi connectivity index (χ1n) is 10.1. The fourth-order valence-corrected chi connectivity index (χ4v) is 5.92. The number of fused-ring (bicyclic) bond motifs is 2. The summed E-state index contributed by atoms with van der Waals surface area (Å²) >= 11 is 0. The highest BCUT2D eigenvalue weighted by Gasteiger charge is 2.41. The summed E-state index contributed by atoms with van der Waals surface area (Å²) in [5, 5.41) is 0. The predicted molar refractivity (Wildman–Crippen MR) is 99.3 cm³/mol. The van der Waals surface area contributed by atoms with Crippen molar-refractivity contribution in [1.82, 2.24) is 0 Å². The van der Waals surface area contributed by atoms with Crippen molar-refractivity contribution < 1.29 is 0 Å². The van der Waals surface area contributed by atoms with Gasteiger partial charge in [0.15, 0.2) is 0 Å². The van der Waals surface area contributed by atoms with E-state index in [1.165, 1.54) is 70.6 Å². The van der Waals surface area contributed by atoms with Crippen LogP contribution in [-0.4, -0.2) is 0 Å². The van der Waals surface area contributed by atoms with Crippen LogP contribution in [0.1, 0.15) is 84.5 Å². The lowest BCUT2D eigenvalue weighted by Crippen LogP contribution is -2.26. The van der Waals surface area contributed by atoms with Crippen molar-refractivity contribution in [2.75, 3.05) is 0 Å². The zero-order valence-electron chi connectivity index (χ0n) is 15.1. The van der Waals surface area contributed by atoms with E-state index in [9.17, 15) is 0 Å². The molecule has 0 bridgehead atoms. The highest BCUT2D eigenvalue weighted by molar-refractivity contribution is 5.54. The highest BCUT2D eigenvalue weighted by atomic mass is 14.5. The molecule has 0 spiro atoms. The van der Waals surface area contributed by atoms with Gasteiger partial charge >= 0.3 is 0 Å². The predicted octanol–water partition coefficient (Wildman–Crippen LogP) is 7.05. The van der Waals surface area contributed by atoms with Gasteiger partial charge in [-0.05, 0) is 86.8 Å². The van der Waals surface area contributed by atoms with E-state index < -0.39 is 0 Å². The number of allylic oxidation sites excluding steroid dienone is 8.